The summed E-state index contributed by atoms with van der Waals surface area (Å²) < 4.78 is 0. The van der Waals surface area contributed by atoms with Gasteiger partial charge in [-0.05, 0) is 98.7 Å². The first-order chi connectivity index (χ1) is 15.5. The first-order valence-corrected chi connectivity index (χ1v) is 13.2. The lowest BCUT2D eigenvalue weighted by molar-refractivity contribution is -0.160. The van der Waals surface area contributed by atoms with Gasteiger partial charge in [0.1, 0.15) is 11.8 Å². The van der Waals surface area contributed by atoms with Gasteiger partial charge in [-0.2, -0.15) is 0 Å². The maximum Gasteiger partial charge on any atom is 0.325 e. The summed E-state index contributed by atoms with van der Waals surface area (Å²) in [6.45, 7) is 8.54. The van der Waals surface area contributed by atoms with Gasteiger partial charge in [0.05, 0.1) is 6.10 Å². The number of aliphatic carboxylic acids is 1. The molecule has 0 aromatic carbocycles. The van der Waals surface area contributed by atoms with Crippen LogP contribution in [0, 0.1) is 46.3 Å². The summed E-state index contributed by atoms with van der Waals surface area (Å²) in [6, 6.07) is -0.861. The molecule has 4 aliphatic rings. The number of amides is 1. The quantitative estimate of drug-likeness (QED) is 0.550. The van der Waals surface area contributed by atoms with Crippen LogP contribution in [0.4, 0.5) is 0 Å². The summed E-state index contributed by atoms with van der Waals surface area (Å²) in [5.74, 6) is 1.49. The third-order valence-electron chi connectivity index (χ3n) is 10.8. The molecule has 0 radical (unpaired) electrons. The van der Waals surface area contributed by atoms with Crippen molar-refractivity contribution in [1.82, 2.24) is 5.32 Å². The lowest BCUT2D eigenvalue weighted by Gasteiger charge is -2.60. The molecule has 0 heterocycles. The van der Waals surface area contributed by atoms with Crippen LogP contribution in [-0.2, 0) is 14.4 Å². The number of ketones is 1. The number of carboxylic acid groups (broad SMARTS) is 1. The van der Waals surface area contributed by atoms with Gasteiger partial charge in [-0.1, -0.05) is 20.8 Å². The molecule has 6 nitrogen and oxygen atoms in total. The van der Waals surface area contributed by atoms with Crippen LogP contribution in [0.15, 0.2) is 0 Å². The molecular weight excluding hydrogens is 418 g/mol. The van der Waals surface area contributed by atoms with Crippen LogP contribution >= 0.6 is 0 Å². The number of nitrogens with one attached hydrogen (secondary N) is 1. The Balaban J connectivity index is 1.44. The molecule has 4 rings (SSSR count). The number of hydrogen-bond donors (Lipinski definition) is 3. The minimum Gasteiger partial charge on any atom is -0.480 e. The Morgan fingerprint density at radius 2 is 1.73 bits per heavy atom. The van der Waals surface area contributed by atoms with Crippen LogP contribution < -0.4 is 5.32 Å². The Bertz CT molecular complexity index is 797. The highest BCUT2D eigenvalue weighted by Gasteiger charge is 2.63. The van der Waals surface area contributed by atoms with Crippen LogP contribution in [0.25, 0.3) is 0 Å². The van der Waals surface area contributed by atoms with E-state index < -0.39 is 12.0 Å². The fourth-order valence-electron chi connectivity index (χ4n) is 8.82. The van der Waals surface area contributed by atoms with Crippen molar-refractivity contribution in [1.29, 1.82) is 0 Å². The zero-order valence-corrected chi connectivity index (χ0v) is 20.8. The number of carbonyl (C=O) groups is 3. The third kappa shape index (κ3) is 4.26. The number of Topliss-reactive ketones (excluding diaryl/α,β-unsaturated/α-hetero) is 1. The van der Waals surface area contributed by atoms with Crippen LogP contribution in [-0.4, -0.2) is 40.0 Å². The lowest BCUT2D eigenvalue weighted by atomic mass is 9.44. The molecule has 0 saturated heterocycles. The molecule has 186 valence electrons. The molecule has 6 heteroatoms. The largest absolute Gasteiger partial charge is 0.480 e. The van der Waals surface area contributed by atoms with E-state index in [0.717, 1.165) is 51.4 Å². The topological polar surface area (TPSA) is 104 Å². The molecule has 4 saturated carbocycles. The van der Waals surface area contributed by atoms with Gasteiger partial charge in [0.25, 0.3) is 0 Å². The summed E-state index contributed by atoms with van der Waals surface area (Å²) in [5.41, 5.74) is 0.320. The summed E-state index contributed by atoms with van der Waals surface area (Å²) in [4.78, 5) is 36.7. The van der Waals surface area contributed by atoms with Crippen LogP contribution in [0.5, 0.6) is 0 Å². The summed E-state index contributed by atoms with van der Waals surface area (Å²) in [5, 5.41) is 21.8. The molecule has 10 atom stereocenters. The van der Waals surface area contributed by atoms with Crippen LogP contribution in [0.1, 0.15) is 91.9 Å². The number of carboxylic acids is 1. The van der Waals surface area contributed by atoms with E-state index in [4.69, 9.17) is 5.11 Å². The van der Waals surface area contributed by atoms with Gasteiger partial charge in [-0.25, -0.2) is 0 Å². The van der Waals surface area contributed by atoms with Gasteiger partial charge in [0.15, 0.2) is 0 Å². The lowest BCUT2D eigenvalue weighted by Crippen LogP contribution is -2.57. The van der Waals surface area contributed by atoms with Gasteiger partial charge < -0.3 is 15.5 Å². The van der Waals surface area contributed by atoms with Crippen molar-refractivity contribution >= 4 is 17.7 Å². The Labute approximate surface area is 198 Å². The van der Waals surface area contributed by atoms with E-state index in [1.165, 1.54) is 6.92 Å². The molecule has 1 amide bonds. The van der Waals surface area contributed by atoms with E-state index in [0.29, 0.717) is 48.2 Å². The van der Waals surface area contributed by atoms with E-state index in [-0.39, 0.29) is 28.8 Å². The first kappa shape index (κ1) is 24.7. The number of rotatable bonds is 6. The number of carbonyl (C=O) groups excluding carboxylic acids is 2. The molecule has 0 bridgehead atoms. The molecule has 0 spiro atoms. The standard InChI is InChI=1S/C27H43NO5/c1-15(5-8-23(31)28-16(2)25(32)33)19-6-7-20-24-21(10-12-27(19,20)4)26(3)11-9-18(29)13-17(26)14-22(24)30/h15-21,24,29H,5-14H2,1-4H3,(H,28,31)(H,32,33)/t15-,16+,17+,18-,19-,20+,21+,24+,26+,27-/m1/s1. The number of fused-ring (bicyclic) bond motifs is 5. The zero-order chi connectivity index (χ0) is 24.1. The first-order valence-electron chi connectivity index (χ1n) is 13.2. The zero-order valence-electron chi connectivity index (χ0n) is 20.8. The number of aliphatic hydroxyl groups excluding tert-OH is 1. The second-order valence-corrected chi connectivity index (χ2v) is 12.4. The number of aliphatic hydroxyl groups is 1. The second kappa shape index (κ2) is 8.98. The highest BCUT2D eigenvalue weighted by Crippen LogP contribution is 2.67. The molecule has 0 unspecified atom stereocenters. The normalized spacial score (nSPS) is 44.2. The van der Waals surface area contributed by atoms with Crippen molar-refractivity contribution < 1.29 is 24.6 Å². The molecule has 0 aromatic heterocycles. The predicted molar refractivity (Wildman–Crippen MR) is 125 cm³/mol. The maximum atomic E-state index is 13.5. The average molecular weight is 462 g/mol. The summed E-state index contributed by atoms with van der Waals surface area (Å²) in [7, 11) is 0. The van der Waals surface area contributed by atoms with Crippen LogP contribution in [0.2, 0.25) is 0 Å². The van der Waals surface area contributed by atoms with E-state index in [9.17, 15) is 19.5 Å². The smallest absolute Gasteiger partial charge is 0.325 e. The maximum absolute atomic E-state index is 13.5. The van der Waals surface area contributed by atoms with Gasteiger partial charge in [0.2, 0.25) is 5.91 Å². The Hall–Kier alpha value is -1.43. The Morgan fingerprint density at radius 3 is 2.42 bits per heavy atom. The van der Waals surface area contributed by atoms with Crippen molar-refractivity contribution in [2.24, 2.45) is 46.3 Å². The fraction of sp³-hybridized carbons (Fsp3) is 0.889. The van der Waals surface area contributed by atoms with Gasteiger partial charge >= 0.3 is 5.97 Å². The SMILES string of the molecule is C[C@H](NC(=O)CC[C@@H](C)[C@H]1CC[C@H]2[C@@H]3C(=O)C[C@@H]4C[C@H](O)CC[C@]4(C)[C@H]3CC[C@]12C)C(=O)O. The Morgan fingerprint density at radius 1 is 1.06 bits per heavy atom. The van der Waals surface area contributed by atoms with Crippen molar-refractivity contribution in [3.05, 3.63) is 0 Å². The molecule has 3 N–H and O–H groups in total. The highest BCUT2D eigenvalue weighted by atomic mass is 16.4. The predicted octanol–water partition coefficient (Wildman–Crippen LogP) is 4.19. The molecule has 4 fully saturated rings. The Kier molecular flexibility index (Phi) is 6.71. The monoisotopic (exact) mass is 461 g/mol. The summed E-state index contributed by atoms with van der Waals surface area (Å²) in [6.07, 6.45) is 8.67. The van der Waals surface area contributed by atoms with Gasteiger partial charge in [0, 0.05) is 18.8 Å². The highest BCUT2D eigenvalue weighted by molar-refractivity contribution is 5.84. The van der Waals surface area contributed by atoms with E-state index in [1.54, 1.807) is 0 Å². The third-order valence-corrected chi connectivity index (χ3v) is 10.8. The minimum absolute atomic E-state index is 0.137. The second-order valence-electron chi connectivity index (χ2n) is 12.4. The van der Waals surface area contributed by atoms with E-state index in [2.05, 4.69) is 26.1 Å². The minimum atomic E-state index is -1.01. The molecule has 0 aliphatic heterocycles. The van der Waals surface area contributed by atoms with E-state index in [1.807, 2.05) is 0 Å². The van der Waals surface area contributed by atoms with Gasteiger partial charge in [-0.15, -0.1) is 0 Å². The van der Waals surface area contributed by atoms with Crippen molar-refractivity contribution in [2.45, 2.75) is 104 Å². The van der Waals surface area contributed by atoms with E-state index >= 15 is 0 Å². The van der Waals surface area contributed by atoms with Gasteiger partial charge in [-0.3, -0.25) is 14.4 Å². The fourth-order valence-corrected chi connectivity index (χ4v) is 8.82. The average Bonchev–Trinajstić information content (AvgIpc) is 3.10. The molecular formula is C27H43NO5. The van der Waals surface area contributed by atoms with Crippen LogP contribution in [0.3, 0.4) is 0 Å². The number of hydrogen-bond acceptors (Lipinski definition) is 4. The van der Waals surface area contributed by atoms with Crippen molar-refractivity contribution in [3.8, 4) is 0 Å². The molecule has 33 heavy (non-hydrogen) atoms. The van der Waals surface area contributed by atoms with Crippen molar-refractivity contribution in [3.63, 3.8) is 0 Å². The summed E-state index contributed by atoms with van der Waals surface area (Å²) >= 11 is 0. The van der Waals surface area contributed by atoms with Crippen molar-refractivity contribution in [2.75, 3.05) is 0 Å². The molecule has 0 aromatic rings. The molecule has 4 aliphatic carbocycles.